The Morgan fingerprint density at radius 3 is 2.70 bits per heavy atom. The molecule has 0 atom stereocenters. The SMILES string of the molecule is CCc1ccccc1NC(=O)NCCCn1c(-c2ccncc2)nc2cccnc21. The lowest BCUT2D eigenvalue weighted by Gasteiger charge is -2.12. The Balaban J connectivity index is 1.41. The van der Waals surface area contributed by atoms with Crippen LogP contribution in [-0.4, -0.2) is 32.1 Å². The lowest BCUT2D eigenvalue weighted by atomic mass is 10.1. The number of fused-ring (bicyclic) bond motifs is 1. The molecular weight excluding hydrogens is 376 g/mol. The largest absolute Gasteiger partial charge is 0.338 e. The predicted octanol–water partition coefficient (Wildman–Crippen LogP) is 4.27. The summed E-state index contributed by atoms with van der Waals surface area (Å²) >= 11 is 0. The zero-order valence-corrected chi connectivity index (χ0v) is 16.9. The summed E-state index contributed by atoms with van der Waals surface area (Å²) in [4.78, 5) is 25.6. The number of amides is 2. The second kappa shape index (κ2) is 9.17. The zero-order chi connectivity index (χ0) is 20.8. The van der Waals surface area contributed by atoms with E-state index in [0.717, 1.165) is 46.6 Å². The van der Waals surface area contributed by atoms with E-state index < -0.39 is 0 Å². The number of carbonyl (C=O) groups excluding carboxylic acids is 1. The number of nitrogens with one attached hydrogen (secondary N) is 2. The van der Waals surface area contributed by atoms with Crippen LogP contribution in [0.1, 0.15) is 18.9 Å². The molecule has 0 unspecified atom stereocenters. The van der Waals surface area contributed by atoms with Crippen LogP contribution in [0.2, 0.25) is 0 Å². The highest BCUT2D eigenvalue weighted by Crippen LogP contribution is 2.23. The van der Waals surface area contributed by atoms with Gasteiger partial charge in [0.15, 0.2) is 5.65 Å². The Kier molecular flexibility index (Phi) is 5.98. The van der Waals surface area contributed by atoms with Gasteiger partial charge in [0.05, 0.1) is 0 Å². The zero-order valence-electron chi connectivity index (χ0n) is 16.9. The minimum atomic E-state index is -0.195. The molecule has 0 saturated heterocycles. The molecule has 0 bridgehead atoms. The van der Waals surface area contributed by atoms with Crippen LogP contribution in [0.15, 0.2) is 67.1 Å². The molecule has 7 nitrogen and oxygen atoms in total. The molecule has 152 valence electrons. The highest BCUT2D eigenvalue weighted by Gasteiger charge is 2.13. The summed E-state index contributed by atoms with van der Waals surface area (Å²) in [7, 11) is 0. The van der Waals surface area contributed by atoms with Crippen molar-refractivity contribution < 1.29 is 4.79 Å². The molecule has 2 amide bonds. The Labute approximate surface area is 175 Å². The van der Waals surface area contributed by atoms with E-state index in [1.807, 2.05) is 48.5 Å². The van der Waals surface area contributed by atoms with Gasteiger partial charge < -0.3 is 15.2 Å². The quantitative estimate of drug-likeness (QED) is 0.454. The smallest absolute Gasteiger partial charge is 0.319 e. The number of hydrogen-bond donors (Lipinski definition) is 2. The Morgan fingerprint density at radius 1 is 1.03 bits per heavy atom. The fourth-order valence-electron chi connectivity index (χ4n) is 3.45. The van der Waals surface area contributed by atoms with Crippen molar-refractivity contribution in [1.29, 1.82) is 0 Å². The van der Waals surface area contributed by atoms with Crippen LogP contribution in [0.25, 0.3) is 22.6 Å². The summed E-state index contributed by atoms with van der Waals surface area (Å²) in [6, 6.07) is 15.4. The van der Waals surface area contributed by atoms with E-state index in [2.05, 4.69) is 32.1 Å². The highest BCUT2D eigenvalue weighted by atomic mass is 16.2. The molecule has 0 fully saturated rings. The van der Waals surface area contributed by atoms with E-state index in [9.17, 15) is 4.79 Å². The molecule has 1 aromatic carbocycles. The van der Waals surface area contributed by atoms with Gasteiger partial charge in [-0.05, 0) is 48.7 Å². The van der Waals surface area contributed by atoms with E-state index in [-0.39, 0.29) is 6.03 Å². The number of pyridine rings is 2. The second-order valence-electron chi connectivity index (χ2n) is 6.91. The number of imidazole rings is 1. The molecule has 2 N–H and O–H groups in total. The lowest BCUT2D eigenvalue weighted by Crippen LogP contribution is -2.30. The first-order valence-electron chi connectivity index (χ1n) is 10.1. The number of benzene rings is 1. The number of carbonyl (C=O) groups is 1. The number of urea groups is 1. The summed E-state index contributed by atoms with van der Waals surface area (Å²) < 4.78 is 2.09. The fraction of sp³-hybridized carbons (Fsp3) is 0.217. The van der Waals surface area contributed by atoms with E-state index >= 15 is 0 Å². The number of para-hydroxylation sites is 1. The number of nitrogens with zero attached hydrogens (tertiary/aromatic N) is 4. The third-order valence-corrected chi connectivity index (χ3v) is 4.93. The van der Waals surface area contributed by atoms with Crippen LogP contribution in [0.3, 0.4) is 0 Å². The maximum absolute atomic E-state index is 12.3. The summed E-state index contributed by atoms with van der Waals surface area (Å²) in [6.07, 6.45) is 6.91. The maximum atomic E-state index is 12.3. The van der Waals surface area contributed by atoms with Gasteiger partial charge in [0.25, 0.3) is 0 Å². The van der Waals surface area contributed by atoms with Crippen molar-refractivity contribution in [2.45, 2.75) is 26.3 Å². The molecular formula is C23H24N6O. The molecule has 0 aliphatic heterocycles. The monoisotopic (exact) mass is 400 g/mol. The molecule has 7 heteroatoms. The Morgan fingerprint density at radius 2 is 1.87 bits per heavy atom. The van der Waals surface area contributed by atoms with Gasteiger partial charge in [-0.1, -0.05) is 25.1 Å². The van der Waals surface area contributed by atoms with Gasteiger partial charge in [-0.25, -0.2) is 14.8 Å². The van der Waals surface area contributed by atoms with Gasteiger partial charge in [0, 0.05) is 42.9 Å². The first-order valence-corrected chi connectivity index (χ1v) is 10.1. The molecule has 4 rings (SSSR count). The predicted molar refractivity (Wildman–Crippen MR) is 118 cm³/mol. The third kappa shape index (κ3) is 4.30. The van der Waals surface area contributed by atoms with Gasteiger partial charge in [0.2, 0.25) is 0 Å². The number of aromatic nitrogens is 4. The summed E-state index contributed by atoms with van der Waals surface area (Å²) in [6.45, 7) is 3.31. The molecule has 0 aliphatic rings. The fourth-order valence-corrected chi connectivity index (χ4v) is 3.45. The van der Waals surface area contributed by atoms with Crippen LogP contribution in [-0.2, 0) is 13.0 Å². The van der Waals surface area contributed by atoms with Crippen molar-refractivity contribution in [2.75, 3.05) is 11.9 Å². The van der Waals surface area contributed by atoms with Gasteiger partial charge in [-0.15, -0.1) is 0 Å². The van der Waals surface area contributed by atoms with Crippen molar-refractivity contribution >= 4 is 22.9 Å². The molecule has 4 aromatic rings. The first-order chi connectivity index (χ1) is 14.8. The minimum absolute atomic E-state index is 0.195. The molecule has 0 aliphatic carbocycles. The number of anilines is 1. The molecule has 0 spiro atoms. The molecule has 30 heavy (non-hydrogen) atoms. The average molecular weight is 400 g/mol. The third-order valence-electron chi connectivity index (χ3n) is 4.93. The van der Waals surface area contributed by atoms with Crippen LogP contribution in [0.4, 0.5) is 10.5 Å². The molecule has 3 aromatic heterocycles. The van der Waals surface area contributed by atoms with Gasteiger partial charge in [-0.3, -0.25) is 4.98 Å². The maximum Gasteiger partial charge on any atom is 0.319 e. The summed E-state index contributed by atoms with van der Waals surface area (Å²) in [5.41, 5.74) is 4.65. The van der Waals surface area contributed by atoms with E-state index in [1.165, 1.54) is 0 Å². The van der Waals surface area contributed by atoms with E-state index in [0.29, 0.717) is 13.1 Å². The summed E-state index contributed by atoms with van der Waals surface area (Å²) in [5, 5.41) is 5.87. The number of hydrogen-bond acceptors (Lipinski definition) is 4. The number of aryl methyl sites for hydroxylation is 2. The Hall–Kier alpha value is -3.74. The van der Waals surface area contributed by atoms with Crippen molar-refractivity contribution in [3.63, 3.8) is 0 Å². The van der Waals surface area contributed by atoms with Crippen molar-refractivity contribution in [3.05, 3.63) is 72.7 Å². The number of rotatable bonds is 7. The average Bonchev–Trinajstić information content (AvgIpc) is 3.16. The Bertz CT molecular complexity index is 1140. The topological polar surface area (TPSA) is 84.7 Å². The van der Waals surface area contributed by atoms with Crippen molar-refractivity contribution in [2.24, 2.45) is 0 Å². The van der Waals surface area contributed by atoms with Crippen LogP contribution in [0.5, 0.6) is 0 Å². The minimum Gasteiger partial charge on any atom is -0.338 e. The van der Waals surface area contributed by atoms with Crippen LogP contribution < -0.4 is 10.6 Å². The van der Waals surface area contributed by atoms with Crippen LogP contribution >= 0.6 is 0 Å². The second-order valence-corrected chi connectivity index (χ2v) is 6.91. The van der Waals surface area contributed by atoms with Gasteiger partial charge >= 0.3 is 6.03 Å². The highest BCUT2D eigenvalue weighted by molar-refractivity contribution is 5.90. The molecule has 0 saturated carbocycles. The van der Waals surface area contributed by atoms with Crippen molar-refractivity contribution in [1.82, 2.24) is 24.8 Å². The van der Waals surface area contributed by atoms with Gasteiger partial charge in [0.1, 0.15) is 11.3 Å². The molecule has 3 heterocycles. The van der Waals surface area contributed by atoms with E-state index in [1.54, 1.807) is 18.6 Å². The van der Waals surface area contributed by atoms with Gasteiger partial charge in [-0.2, -0.15) is 0 Å². The molecule has 0 radical (unpaired) electrons. The standard InChI is InChI=1S/C23H24N6O/c1-2-17-7-3-4-8-19(17)28-23(30)26-13-6-16-29-21(18-10-14-24-15-11-18)27-20-9-5-12-25-22(20)29/h3-5,7-12,14-15H,2,6,13,16H2,1H3,(H2,26,28,30). The summed E-state index contributed by atoms with van der Waals surface area (Å²) in [5.74, 6) is 0.854. The van der Waals surface area contributed by atoms with E-state index in [4.69, 9.17) is 4.98 Å². The van der Waals surface area contributed by atoms with Crippen molar-refractivity contribution in [3.8, 4) is 11.4 Å². The normalized spacial score (nSPS) is 10.8. The van der Waals surface area contributed by atoms with Crippen LogP contribution in [0, 0.1) is 0 Å². The first kappa shape index (κ1) is 19.6. The lowest BCUT2D eigenvalue weighted by molar-refractivity contribution is 0.252.